The van der Waals surface area contributed by atoms with Crippen molar-refractivity contribution in [1.82, 2.24) is 14.4 Å². The molecule has 0 radical (unpaired) electrons. The molecule has 110 valence electrons. The van der Waals surface area contributed by atoms with Crippen LogP contribution >= 0.6 is 11.8 Å². The van der Waals surface area contributed by atoms with Gasteiger partial charge in [0.1, 0.15) is 5.82 Å². The fraction of sp³-hybridized carbons (Fsp3) is 0.538. The van der Waals surface area contributed by atoms with Gasteiger partial charge in [0.2, 0.25) is 0 Å². The van der Waals surface area contributed by atoms with Crippen molar-refractivity contribution in [3.63, 3.8) is 0 Å². The Morgan fingerprint density at radius 3 is 2.95 bits per heavy atom. The maximum absolute atomic E-state index is 9.37. The third-order valence-corrected chi connectivity index (χ3v) is 4.30. The van der Waals surface area contributed by atoms with Crippen LogP contribution in [0.3, 0.4) is 0 Å². The SMILES string of the molecule is CCNc1cn2ccnc2c(NC(C)C(CO)SC)n1. The van der Waals surface area contributed by atoms with E-state index in [0.29, 0.717) is 0 Å². The molecule has 0 saturated carbocycles. The van der Waals surface area contributed by atoms with Gasteiger partial charge in [0.25, 0.3) is 0 Å². The number of aromatic nitrogens is 3. The molecular formula is C13H21N5OS. The number of aliphatic hydroxyl groups excluding tert-OH is 1. The zero-order chi connectivity index (χ0) is 14.5. The Morgan fingerprint density at radius 2 is 2.30 bits per heavy atom. The number of nitrogens with one attached hydrogen (secondary N) is 2. The normalized spacial score (nSPS) is 14.2. The van der Waals surface area contributed by atoms with E-state index in [2.05, 4.69) is 20.6 Å². The molecule has 2 aromatic rings. The van der Waals surface area contributed by atoms with E-state index >= 15 is 0 Å². The summed E-state index contributed by atoms with van der Waals surface area (Å²) in [5, 5.41) is 16.1. The molecule has 2 unspecified atom stereocenters. The summed E-state index contributed by atoms with van der Waals surface area (Å²) < 4.78 is 1.94. The van der Waals surface area contributed by atoms with Crippen molar-refractivity contribution < 1.29 is 5.11 Å². The van der Waals surface area contributed by atoms with Gasteiger partial charge in [0.15, 0.2) is 11.5 Å². The number of hydrogen-bond acceptors (Lipinski definition) is 6. The molecule has 2 aromatic heterocycles. The lowest BCUT2D eigenvalue weighted by Crippen LogP contribution is -2.31. The number of aliphatic hydroxyl groups is 1. The monoisotopic (exact) mass is 295 g/mol. The maximum atomic E-state index is 9.37. The van der Waals surface area contributed by atoms with E-state index in [1.165, 1.54) is 0 Å². The van der Waals surface area contributed by atoms with Gasteiger partial charge in [-0.15, -0.1) is 0 Å². The van der Waals surface area contributed by atoms with Crippen LogP contribution in [0.15, 0.2) is 18.6 Å². The number of rotatable bonds is 7. The highest BCUT2D eigenvalue weighted by molar-refractivity contribution is 7.99. The minimum absolute atomic E-state index is 0.0971. The quantitative estimate of drug-likeness (QED) is 0.722. The van der Waals surface area contributed by atoms with Crippen LogP contribution in [-0.4, -0.2) is 50.2 Å². The van der Waals surface area contributed by atoms with Crippen molar-refractivity contribution in [2.24, 2.45) is 0 Å². The molecule has 0 fully saturated rings. The molecular weight excluding hydrogens is 274 g/mol. The van der Waals surface area contributed by atoms with Gasteiger partial charge < -0.3 is 20.1 Å². The van der Waals surface area contributed by atoms with Crippen molar-refractivity contribution in [3.8, 4) is 0 Å². The van der Waals surface area contributed by atoms with E-state index in [4.69, 9.17) is 0 Å². The highest BCUT2D eigenvalue weighted by atomic mass is 32.2. The van der Waals surface area contributed by atoms with Gasteiger partial charge >= 0.3 is 0 Å². The summed E-state index contributed by atoms with van der Waals surface area (Å²) in [4.78, 5) is 8.88. The number of thioether (sulfide) groups is 1. The van der Waals surface area contributed by atoms with Crippen LogP contribution in [-0.2, 0) is 0 Å². The van der Waals surface area contributed by atoms with Crippen LogP contribution in [0.1, 0.15) is 13.8 Å². The second-order valence-corrected chi connectivity index (χ2v) is 5.63. The Morgan fingerprint density at radius 1 is 1.50 bits per heavy atom. The van der Waals surface area contributed by atoms with Crippen LogP contribution < -0.4 is 10.6 Å². The van der Waals surface area contributed by atoms with Gasteiger partial charge in [-0.3, -0.25) is 0 Å². The predicted molar refractivity (Wildman–Crippen MR) is 84.6 cm³/mol. The van der Waals surface area contributed by atoms with Crippen molar-refractivity contribution >= 4 is 29.0 Å². The molecule has 3 N–H and O–H groups in total. The van der Waals surface area contributed by atoms with E-state index in [-0.39, 0.29) is 17.9 Å². The third-order valence-electron chi connectivity index (χ3n) is 3.14. The Kier molecular flexibility index (Phi) is 5.08. The van der Waals surface area contributed by atoms with Gasteiger partial charge in [0, 0.05) is 30.2 Å². The summed E-state index contributed by atoms with van der Waals surface area (Å²) in [5.74, 6) is 1.53. The van der Waals surface area contributed by atoms with Crippen molar-refractivity contribution in [3.05, 3.63) is 18.6 Å². The minimum Gasteiger partial charge on any atom is -0.395 e. The molecule has 0 aliphatic heterocycles. The Hall–Kier alpha value is -1.47. The smallest absolute Gasteiger partial charge is 0.180 e. The lowest BCUT2D eigenvalue weighted by Gasteiger charge is -2.22. The second-order valence-electron chi connectivity index (χ2n) is 4.55. The van der Waals surface area contributed by atoms with Crippen LogP contribution in [0.25, 0.3) is 5.65 Å². The number of nitrogens with zero attached hydrogens (tertiary/aromatic N) is 3. The molecule has 20 heavy (non-hydrogen) atoms. The molecule has 0 aliphatic rings. The molecule has 2 rings (SSSR count). The minimum atomic E-state index is 0.0971. The Balaban J connectivity index is 2.29. The molecule has 2 heterocycles. The van der Waals surface area contributed by atoms with Gasteiger partial charge in [-0.25, -0.2) is 9.97 Å². The molecule has 7 heteroatoms. The highest BCUT2D eigenvalue weighted by Gasteiger charge is 2.17. The second kappa shape index (κ2) is 6.81. The van der Waals surface area contributed by atoms with E-state index in [9.17, 15) is 5.11 Å². The molecule has 0 amide bonds. The Labute approximate surface area is 123 Å². The standard InChI is InChI=1S/C13H21N5OS/c1-4-14-11-7-18-6-5-15-13(18)12(17-11)16-9(2)10(8-19)20-3/h5-7,9-10,14,19H,4,8H2,1-3H3,(H,16,17). The first kappa shape index (κ1) is 14.9. The van der Waals surface area contributed by atoms with E-state index < -0.39 is 0 Å². The summed E-state index contributed by atoms with van der Waals surface area (Å²) in [6.45, 7) is 5.02. The summed E-state index contributed by atoms with van der Waals surface area (Å²) in [7, 11) is 0. The van der Waals surface area contributed by atoms with Crippen molar-refractivity contribution in [1.29, 1.82) is 0 Å². The van der Waals surface area contributed by atoms with E-state index in [1.807, 2.05) is 36.9 Å². The summed E-state index contributed by atoms with van der Waals surface area (Å²) >= 11 is 1.64. The van der Waals surface area contributed by atoms with Crippen LogP contribution in [0.4, 0.5) is 11.6 Å². The number of anilines is 2. The van der Waals surface area contributed by atoms with Gasteiger partial charge in [0.05, 0.1) is 12.8 Å². The molecule has 0 aliphatic carbocycles. The fourth-order valence-electron chi connectivity index (χ4n) is 2.04. The number of hydrogen-bond donors (Lipinski definition) is 3. The third kappa shape index (κ3) is 3.16. The summed E-state index contributed by atoms with van der Waals surface area (Å²) in [6.07, 6.45) is 7.55. The van der Waals surface area contributed by atoms with Crippen molar-refractivity contribution in [2.75, 3.05) is 30.0 Å². The predicted octanol–water partition coefficient (Wildman–Crippen LogP) is 1.69. The molecule has 0 aromatic carbocycles. The zero-order valence-electron chi connectivity index (χ0n) is 12.0. The van der Waals surface area contributed by atoms with Crippen molar-refractivity contribution in [2.45, 2.75) is 25.1 Å². The average Bonchev–Trinajstić information content (AvgIpc) is 2.89. The molecule has 0 bridgehead atoms. The summed E-state index contributed by atoms with van der Waals surface area (Å²) in [6, 6.07) is 0.0971. The molecule has 0 saturated heterocycles. The Bertz CT molecular complexity index is 555. The average molecular weight is 295 g/mol. The number of fused-ring (bicyclic) bond motifs is 1. The fourth-order valence-corrected chi connectivity index (χ4v) is 2.67. The van der Waals surface area contributed by atoms with E-state index in [1.54, 1.807) is 18.0 Å². The first-order valence-corrected chi connectivity index (χ1v) is 7.96. The van der Waals surface area contributed by atoms with Crippen LogP contribution in [0.2, 0.25) is 0 Å². The first-order valence-electron chi connectivity index (χ1n) is 6.67. The first-order chi connectivity index (χ1) is 9.69. The van der Waals surface area contributed by atoms with Gasteiger partial charge in [-0.1, -0.05) is 0 Å². The van der Waals surface area contributed by atoms with Crippen LogP contribution in [0.5, 0.6) is 0 Å². The molecule has 6 nitrogen and oxygen atoms in total. The molecule has 0 spiro atoms. The molecule has 2 atom stereocenters. The van der Waals surface area contributed by atoms with Gasteiger partial charge in [-0.05, 0) is 20.1 Å². The maximum Gasteiger partial charge on any atom is 0.180 e. The lowest BCUT2D eigenvalue weighted by atomic mass is 10.2. The summed E-state index contributed by atoms with van der Waals surface area (Å²) in [5.41, 5.74) is 0.788. The highest BCUT2D eigenvalue weighted by Crippen LogP contribution is 2.20. The van der Waals surface area contributed by atoms with Crippen LogP contribution in [0, 0.1) is 0 Å². The largest absolute Gasteiger partial charge is 0.395 e. The lowest BCUT2D eigenvalue weighted by molar-refractivity contribution is 0.288. The van der Waals surface area contributed by atoms with Gasteiger partial charge in [-0.2, -0.15) is 11.8 Å². The zero-order valence-corrected chi connectivity index (χ0v) is 12.8. The van der Waals surface area contributed by atoms with E-state index in [0.717, 1.165) is 23.8 Å². The number of imidazole rings is 1. The topological polar surface area (TPSA) is 74.5 Å².